The summed E-state index contributed by atoms with van der Waals surface area (Å²) >= 11 is 0. The van der Waals surface area contributed by atoms with Gasteiger partial charge < -0.3 is 14.8 Å². The lowest BCUT2D eigenvalue weighted by molar-refractivity contribution is 0.0521. The molecular formula is C10H15NO2. The number of H-pyrrole nitrogens is 1. The first kappa shape index (κ1) is 8.78. The summed E-state index contributed by atoms with van der Waals surface area (Å²) in [7, 11) is 0. The number of rotatable bonds is 3. The molecule has 13 heavy (non-hydrogen) atoms. The maximum atomic E-state index is 9.76. The Labute approximate surface area is 77.7 Å². The number of hydrogen-bond donors (Lipinski definition) is 2. The molecule has 2 unspecified atom stereocenters. The molecule has 0 spiro atoms. The summed E-state index contributed by atoms with van der Waals surface area (Å²) < 4.78 is 5.45. The van der Waals surface area contributed by atoms with E-state index in [1.807, 2.05) is 18.3 Å². The SMILES string of the molecule is OC(CC1CCCO1)c1ccc[nH]1. The van der Waals surface area contributed by atoms with Crippen molar-refractivity contribution in [3.05, 3.63) is 24.0 Å². The van der Waals surface area contributed by atoms with Crippen LogP contribution in [0.25, 0.3) is 0 Å². The third-order valence-corrected chi connectivity index (χ3v) is 2.49. The number of aliphatic hydroxyl groups is 1. The van der Waals surface area contributed by atoms with Crippen LogP contribution in [0.5, 0.6) is 0 Å². The van der Waals surface area contributed by atoms with E-state index in [1.165, 1.54) is 0 Å². The van der Waals surface area contributed by atoms with E-state index in [-0.39, 0.29) is 6.10 Å². The summed E-state index contributed by atoms with van der Waals surface area (Å²) in [6, 6.07) is 3.80. The van der Waals surface area contributed by atoms with Crippen LogP contribution in [0.1, 0.15) is 31.1 Å². The van der Waals surface area contributed by atoms with E-state index in [2.05, 4.69) is 4.98 Å². The van der Waals surface area contributed by atoms with Gasteiger partial charge >= 0.3 is 0 Å². The van der Waals surface area contributed by atoms with Gasteiger partial charge in [0, 0.05) is 24.9 Å². The lowest BCUT2D eigenvalue weighted by atomic mass is 10.1. The third-order valence-electron chi connectivity index (χ3n) is 2.49. The van der Waals surface area contributed by atoms with Crippen molar-refractivity contribution in [2.45, 2.75) is 31.5 Å². The molecule has 0 radical (unpaired) electrons. The van der Waals surface area contributed by atoms with Crippen molar-refractivity contribution >= 4 is 0 Å². The zero-order valence-electron chi connectivity index (χ0n) is 7.57. The molecule has 1 aliphatic heterocycles. The summed E-state index contributed by atoms with van der Waals surface area (Å²) in [6.07, 6.45) is 4.59. The number of aromatic amines is 1. The van der Waals surface area contributed by atoms with E-state index in [1.54, 1.807) is 0 Å². The molecule has 0 saturated carbocycles. The number of hydrogen-bond acceptors (Lipinski definition) is 2. The van der Waals surface area contributed by atoms with Crippen LogP contribution >= 0.6 is 0 Å². The minimum absolute atomic E-state index is 0.248. The molecule has 1 aromatic heterocycles. The van der Waals surface area contributed by atoms with Crippen molar-refractivity contribution in [3.63, 3.8) is 0 Å². The number of aliphatic hydroxyl groups excluding tert-OH is 1. The van der Waals surface area contributed by atoms with Crippen LogP contribution in [0, 0.1) is 0 Å². The topological polar surface area (TPSA) is 45.2 Å². The Hall–Kier alpha value is -0.800. The number of nitrogens with one attached hydrogen (secondary N) is 1. The fourth-order valence-electron chi connectivity index (χ4n) is 1.76. The highest BCUT2D eigenvalue weighted by atomic mass is 16.5. The first-order chi connectivity index (χ1) is 6.36. The number of aromatic nitrogens is 1. The molecule has 0 aliphatic carbocycles. The first-order valence-electron chi connectivity index (χ1n) is 4.79. The second-order valence-corrected chi connectivity index (χ2v) is 3.51. The van der Waals surface area contributed by atoms with Gasteiger partial charge in [-0.15, -0.1) is 0 Å². The molecule has 72 valence electrons. The molecule has 0 aromatic carbocycles. The third kappa shape index (κ3) is 2.11. The van der Waals surface area contributed by atoms with Gasteiger partial charge in [0.2, 0.25) is 0 Å². The standard InChI is InChI=1S/C10H15NO2/c12-10(9-4-1-5-11-9)7-8-3-2-6-13-8/h1,4-5,8,10-12H,2-3,6-7H2. The van der Waals surface area contributed by atoms with Gasteiger partial charge in [0.1, 0.15) is 0 Å². The summed E-state index contributed by atoms with van der Waals surface area (Å²) in [5.41, 5.74) is 0.885. The zero-order chi connectivity index (χ0) is 9.10. The molecule has 0 bridgehead atoms. The molecule has 1 fully saturated rings. The average molecular weight is 181 g/mol. The molecule has 2 N–H and O–H groups in total. The van der Waals surface area contributed by atoms with Crippen LogP contribution < -0.4 is 0 Å². The Bertz CT molecular complexity index is 239. The van der Waals surface area contributed by atoms with Gasteiger partial charge in [-0.25, -0.2) is 0 Å². The highest BCUT2D eigenvalue weighted by Crippen LogP contribution is 2.23. The molecule has 1 aromatic rings. The minimum atomic E-state index is -0.405. The van der Waals surface area contributed by atoms with Crippen LogP contribution in [0.3, 0.4) is 0 Å². The lowest BCUT2D eigenvalue weighted by Crippen LogP contribution is -2.11. The lowest BCUT2D eigenvalue weighted by Gasteiger charge is -2.13. The summed E-state index contributed by atoms with van der Waals surface area (Å²) in [4.78, 5) is 3.01. The first-order valence-corrected chi connectivity index (χ1v) is 4.79. The van der Waals surface area contributed by atoms with E-state index in [0.29, 0.717) is 6.42 Å². The predicted molar refractivity (Wildman–Crippen MR) is 49.3 cm³/mol. The van der Waals surface area contributed by atoms with E-state index in [0.717, 1.165) is 25.1 Å². The predicted octanol–water partition coefficient (Wildman–Crippen LogP) is 1.62. The second kappa shape index (κ2) is 3.94. The highest BCUT2D eigenvalue weighted by molar-refractivity contribution is 5.07. The molecule has 2 rings (SSSR count). The van der Waals surface area contributed by atoms with Gasteiger partial charge in [0.15, 0.2) is 0 Å². The van der Waals surface area contributed by atoms with Crippen LogP contribution in [-0.2, 0) is 4.74 Å². The van der Waals surface area contributed by atoms with E-state index in [4.69, 9.17) is 4.74 Å². The highest BCUT2D eigenvalue weighted by Gasteiger charge is 2.20. The van der Waals surface area contributed by atoms with Crippen molar-refractivity contribution < 1.29 is 9.84 Å². The zero-order valence-corrected chi connectivity index (χ0v) is 7.57. The van der Waals surface area contributed by atoms with Gasteiger partial charge in [0.05, 0.1) is 12.2 Å². The molecule has 0 amide bonds. The Morgan fingerprint density at radius 3 is 3.23 bits per heavy atom. The quantitative estimate of drug-likeness (QED) is 0.744. The van der Waals surface area contributed by atoms with Gasteiger partial charge in [-0.05, 0) is 25.0 Å². The Morgan fingerprint density at radius 2 is 2.62 bits per heavy atom. The molecule has 3 heteroatoms. The molecule has 3 nitrogen and oxygen atoms in total. The van der Waals surface area contributed by atoms with E-state index in [9.17, 15) is 5.11 Å². The van der Waals surface area contributed by atoms with Crippen LogP contribution in [0.4, 0.5) is 0 Å². The largest absolute Gasteiger partial charge is 0.387 e. The van der Waals surface area contributed by atoms with Crippen molar-refractivity contribution in [1.29, 1.82) is 0 Å². The normalized spacial score (nSPS) is 24.8. The summed E-state index contributed by atoms with van der Waals surface area (Å²) in [6.45, 7) is 0.849. The van der Waals surface area contributed by atoms with E-state index >= 15 is 0 Å². The van der Waals surface area contributed by atoms with Gasteiger partial charge in [-0.2, -0.15) is 0 Å². The fraction of sp³-hybridized carbons (Fsp3) is 0.600. The summed E-state index contributed by atoms with van der Waals surface area (Å²) in [5, 5.41) is 9.76. The molecule has 1 aliphatic rings. The van der Waals surface area contributed by atoms with Crippen molar-refractivity contribution in [1.82, 2.24) is 4.98 Å². The Balaban J connectivity index is 1.87. The Morgan fingerprint density at radius 1 is 1.69 bits per heavy atom. The number of ether oxygens (including phenoxy) is 1. The maximum absolute atomic E-state index is 9.76. The monoisotopic (exact) mass is 181 g/mol. The van der Waals surface area contributed by atoms with Gasteiger partial charge in [-0.1, -0.05) is 0 Å². The van der Waals surface area contributed by atoms with Crippen molar-refractivity contribution in [2.24, 2.45) is 0 Å². The van der Waals surface area contributed by atoms with Crippen LogP contribution in [0.2, 0.25) is 0 Å². The van der Waals surface area contributed by atoms with Crippen molar-refractivity contribution in [3.8, 4) is 0 Å². The van der Waals surface area contributed by atoms with Crippen molar-refractivity contribution in [2.75, 3.05) is 6.61 Å². The average Bonchev–Trinajstić information content (AvgIpc) is 2.74. The second-order valence-electron chi connectivity index (χ2n) is 3.51. The van der Waals surface area contributed by atoms with Crippen LogP contribution in [0.15, 0.2) is 18.3 Å². The smallest absolute Gasteiger partial charge is 0.0962 e. The van der Waals surface area contributed by atoms with Gasteiger partial charge in [0.25, 0.3) is 0 Å². The minimum Gasteiger partial charge on any atom is -0.387 e. The summed E-state index contributed by atoms with van der Waals surface area (Å²) in [5.74, 6) is 0. The molecule has 2 heterocycles. The van der Waals surface area contributed by atoms with Crippen LogP contribution in [-0.4, -0.2) is 22.8 Å². The fourth-order valence-corrected chi connectivity index (χ4v) is 1.76. The molecular weight excluding hydrogens is 166 g/mol. The van der Waals surface area contributed by atoms with Gasteiger partial charge in [-0.3, -0.25) is 0 Å². The maximum Gasteiger partial charge on any atom is 0.0962 e. The Kier molecular flexibility index (Phi) is 2.66. The van der Waals surface area contributed by atoms with E-state index < -0.39 is 6.10 Å². The molecule has 1 saturated heterocycles. The molecule has 2 atom stereocenters.